The van der Waals surface area contributed by atoms with Gasteiger partial charge >= 0.3 is 0 Å². The van der Waals surface area contributed by atoms with E-state index in [-0.39, 0.29) is 0 Å². The van der Waals surface area contributed by atoms with Crippen molar-refractivity contribution in [1.29, 1.82) is 0 Å². The molecule has 3 aromatic rings. The number of nitrogens with zero attached hydrogens (tertiary/aromatic N) is 4. The molecule has 0 bridgehead atoms. The van der Waals surface area contributed by atoms with Crippen LogP contribution in [0.15, 0.2) is 22.2 Å². The fourth-order valence-corrected chi connectivity index (χ4v) is 3.27. The number of imidazole rings is 1. The summed E-state index contributed by atoms with van der Waals surface area (Å²) in [5.74, 6) is 0.834. The van der Waals surface area contributed by atoms with Crippen LogP contribution in [0.2, 0.25) is 0 Å². The van der Waals surface area contributed by atoms with Gasteiger partial charge in [-0.1, -0.05) is 0 Å². The Balaban J connectivity index is 2.10. The van der Waals surface area contributed by atoms with Gasteiger partial charge in [-0.2, -0.15) is 4.98 Å². The zero-order chi connectivity index (χ0) is 13.4. The predicted molar refractivity (Wildman–Crippen MR) is 77.4 cm³/mol. The van der Waals surface area contributed by atoms with Crippen molar-refractivity contribution in [2.75, 3.05) is 12.8 Å². The van der Waals surface area contributed by atoms with Crippen LogP contribution in [0.1, 0.15) is 4.88 Å². The summed E-state index contributed by atoms with van der Waals surface area (Å²) in [6.07, 6.45) is 1.45. The maximum absolute atomic E-state index is 5.95. The second-order valence-corrected chi connectivity index (χ2v) is 5.75. The number of rotatable bonds is 3. The predicted octanol–water partition coefficient (Wildman–Crippen LogP) is 2.29. The number of ether oxygens (including phenoxy) is 1. The number of fused-ring (bicyclic) bond motifs is 1. The molecule has 0 unspecified atom stereocenters. The van der Waals surface area contributed by atoms with E-state index in [0.717, 1.165) is 9.35 Å². The minimum Gasteiger partial charge on any atom is -0.479 e. The molecule has 98 valence electrons. The van der Waals surface area contributed by atoms with Gasteiger partial charge < -0.3 is 10.5 Å². The number of nitrogen functional groups attached to an aromatic ring is 1. The van der Waals surface area contributed by atoms with Gasteiger partial charge in [0.1, 0.15) is 6.33 Å². The molecule has 0 aromatic carbocycles. The number of aromatic nitrogens is 4. The molecular weight excluding hydrogens is 330 g/mol. The van der Waals surface area contributed by atoms with Crippen LogP contribution in [0.3, 0.4) is 0 Å². The van der Waals surface area contributed by atoms with Crippen molar-refractivity contribution in [3.05, 3.63) is 27.1 Å². The largest absolute Gasteiger partial charge is 0.479 e. The van der Waals surface area contributed by atoms with Gasteiger partial charge in [-0.15, -0.1) is 11.3 Å². The van der Waals surface area contributed by atoms with Crippen LogP contribution in [-0.2, 0) is 6.54 Å². The van der Waals surface area contributed by atoms with Gasteiger partial charge in [0, 0.05) is 14.7 Å². The minimum absolute atomic E-state index is 0.401. The number of hydrogen-bond acceptors (Lipinski definition) is 6. The number of thiophene rings is 1. The van der Waals surface area contributed by atoms with Crippen molar-refractivity contribution in [1.82, 2.24) is 19.5 Å². The van der Waals surface area contributed by atoms with Gasteiger partial charge in [0.2, 0.25) is 11.8 Å². The maximum atomic E-state index is 5.95. The lowest BCUT2D eigenvalue weighted by atomic mass is 10.4. The van der Waals surface area contributed by atoms with E-state index < -0.39 is 0 Å². The van der Waals surface area contributed by atoms with Crippen LogP contribution >= 0.6 is 27.3 Å². The molecule has 0 spiro atoms. The van der Waals surface area contributed by atoms with E-state index in [1.54, 1.807) is 18.4 Å². The first kappa shape index (κ1) is 12.4. The summed E-state index contributed by atoms with van der Waals surface area (Å²) in [5, 5.41) is 2.03. The quantitative estimate of drug-likeness (QED) is 0.791. The lowest BCUT2D eigenvalue weighted by Crippen LogP contribution is -2.04. The van der Waals surface area contributed by atoms with Crippen LogP contribution in [0.25, 0.3) is 11.2 Å². The first-order chi connectivity index (χ1) is 9.19. The van der Waals surface area contributed by atoms with Gasteiger partial charge in [0.25, 0.3) is 0 Å². The highest BCUT2D eigenvalue weighted by Gasteiger charge is 2.15. The molecule has 0 radical (unpaired) electrons. The second-order valence-electron chi connectivity index (χ2n) is 3.84. The lowest BCUT2D eigenvalue weighted by molar-refractivity contribution is 0.401. The van der Waals surface area contributed by atoms with Gasteiger partial charge in [-0.25, -0.2) is 9.97 Å². The first-order valence-electron chi connectivity index (χ1n) is 5.42. The molecule has 0 saturated heterocycles. The van der Waals surface area contributed by atoms with Crippen LogP contribution in [0.5, 0.6) is 5.88 Å². The Kier molecular flexibility index (Phi) is 3.11. The Bertz CT molecular complexity index is 738. The summed E-state index contributed by atoms with van der Waals surface area (Å²) >= 11 is 5.09. The van der Waals surface area contributed by atoms with E-state index in [0.29, 0.717) is 29.5 Å². The molecule has 3 rings (SSSR count). The van der Waals surface area contributed by atoms with Gasteiger partial charge in [-0.05, 0) is 22.0 Å². The lowest BCUT2D eigenvalue weighted by Gasteiger charge is -2.03. The Morgan fingerprint density at radius 1 is 1.47 bits per heavy atom. The number of hydrogen-bond donors (Lipinski definition) is 1. The number of anilines is 1. The first-order valence-corrected chi connectivity index (χ1v) is 7.10. The Hall–Kier alpha value is -1.67. The SMILES string of the molecule is COc1ncnc2c1nc(N)n2Cc1cc(Br)cs1. The monoisotopic (exact) mass is 339 g/mol. The Morgan fingerprint density at radius 3 is 3.00 bits per heavy atom. The molecular formula is C11H10BrN5OS. The van der Waals surface area contributed by atoms with Crippen molar-refractivity contribution in [2.45, 2.75) is 6.54 Å². The van der Waals surface area contributed by atoms with E-state index >= 15 is 0 Å². The zero-order valence-electron chi connectivity index (χ0n) is 10.00. The van der Waals surface area contributed by atoms with Crippen LogP contribution in [0, 0.1) is 0 Å². The molecule has 0 amide bonds. The molecule has 0 aliphatic carbocycles. The third-order valence-corrected chi connectivity index (χ3v) is 4.34. The van der Waals surface area contributed by atoms with Crippen LogP contribution in [-0.4, -0.2) is 26.6 Å². The van der Waals surface area contributed by atoms with Gasteiger partial charge in [-0.3, -0.25) is 4.57 Å². The molecule has 3 heterocycles. The summed E-state index contributed by atoms with van der Waals surface area (Å²) in [7, 11) is 1.55. The van der Waals surface area contributed by atoms with Crippen molar-refractivity contribution in [3.63, 3.8) is 0 Å². The summed E-state index contributed by atoms with van der Waals surface area (Å²) in [6.45, 7) is 0.624. The van der Waals surface area contributed by atoms with Crippen molar-refractivity contribution < 1.29 is 4.74 Å². The highest BCUT2D eigenvalue weighted by Crippen LogP contribution is 2.26. The van der Waals surface area contributed by atoms with E-state index in [4.69, 9.17) is 10.5 Å². The number of halogens is 1. The smallest absolute Gasteiger partial charge is 0.245 e. The zero-order valence-corrected chi connectivity index (χ0v) is 12.4. The summed E-state index contributed by atoms with van der Waals surface area (Å²) in [6, 6.07) is 2.05. The second kappa shape index (κ2) is 4.78. The van der Waals surface area contributed by atoms with E-state index in [1.807, 2.05) is 16.0 Å². The minimum atomic E-state index is 0.401. The highest BCUT2D eigenvalue weighted by atomic mass is 79.9. The summed E-state index contributed by atoms with van der Waals surface area (Å²) in [4.78, 5) is 13.7. The van der Waals surface area contributed by atoms with Gasteiger partial charge in [0.05, 0.1) is 13.7 Å². The van der Waals surface area contributed by atoms with E-state index in [2.05, 4.69) is 30.9 Å². The third kappa shape index (κ3) is 2.17. The molecule has 19 heavy (non-hydrogen) atoms. The topological polar surface area (TPSA) is 78.8 Å². The molecule has 0 aliphatic rings. The maximum Gasteiger partial charge on any atom is 0.245 e. The van der Waals surface area contributed by atoms with E-state index in [1.165, 1.54) is 6.33 Å². The third-order valence-electron chi connectivity index (χ3n) is 2.66. The van der Waals surface area contributed by atoms with Crippen LogP contribution < -0.4 is 10.5 Å². The Morgan fingerprint density at radius 2 is 2.32 bits per heavy atom. The summed E-state index contributed by atoms with van der Waals surface area (Å²) < 4.78 is 8.07. The van der Waals surface area contributed by atoms with Crippen molar-refractivity contribution >= 4 is 44.4 Å². The molecule has 0 atom stereocenters. The van der Waals surface area contributed by atoms with E-state index in [9.17, 15) is 0 Å². The fourth-order valence-electron chi connectivity index (χ4n) is 1.83. The average Bonchev–Trinajstić information content (AvgIpc) is 2.94. The Labute approximate surface area is 121 Å². The molecule has 2 N–H and O–H groups in total. The number of nitrogens with two attached hydrogens (primary N) is 1. The van der Waals surface area contributed by atoms with Crippen molar-refractivity contribution in [2.24, 2.45) is 0 Å². The number of methoxy groups -OCH3 is 1. The molecule has 6 nitrogen and oxygen atoms in total. The van der Waals surface area contributed by atoms with Crippen LogP contribution in [0.4, 0.5) is 5.95 Å². The fraction of sp³-hybridized carbons (Fsp3) is 0.182. The standard InChI is InChI=1S/C11H10BrN5OS/c1-18-10-8-9(14-5-15-10)17(11(13)16-8)3-7-2-6(12)4-19-7/h2,4-5H,3H2,1H3,(H2,13,16). The molecule has 0 fully saturated rings. The molecule has 3 aromatic heterocycles. The molecule has 0 saturated carbocycles. The average molecular weight is 340 g/mol. The summed E-state index contributed by atoms with van der Waals surface area (Å²) in [5.41, 5.74) is 7.21. The van der Waals surface area contributed by atoms with Gasteiger partial charge in [0.15, 0.2) is 11.2 Å². The molecule has 8 heteroatoms. The highest BCUT2D eigenvalue weighted by molar-refractivity contribution is 9.10. The normalized spacial score (nSPS) is 11.1. The van der Waals surface area contributed by atoms with Crippen molar-refractivity contribution in [3.8, 4) is 5.88 Å². The molecule has 0 aliphatic heterocycles.